The van der Waals surface area contributed by atoms with Gasteiger partial charge in [-0.15, -0.1) is 0 Å². The highest BCUT2D eigenvalue weighted by molar-refractivity contribution is 5.30. The highest BCUT2D eigenvalue weighted by Crippen LogP contribution is 2.18. The van der Waals surface area contributed by atoms with E-state index in [0.717, 1.165) is 16.9 Å². The zero-order chi connectivity index (χ0) is 12.8. The van der Waals surface area contributed by atoms with Gasteiger partial charge in [0, 0.05) is 0 Å². The highest BCUT2D eigenvalue weighted by Gasteiger charge is 2.05. The SMILES string of the molecule is N[C@H](CO)c1cccc(OCc2ccccc2)c1. The van der Waals surface area contributed by atoms with Gasteiger partial charge in [-0.1, -0.05) is 42.5 Å². The van der Waals surface area contributed by atoms with Crippen LogP contribution in [0.5, 0.6) is 5.75 Å². The van der Waals surface area contributed by atoms with E-state index in [4.69, 9.17) is 15.6 Å². The molecule has 18 heavy (non-hydrogen) atoms. The second-order valence-electron chi connectivity index (χ2n) is 4.14. The first-order valence-corrected chi connectivity index (χ1v) is 5.92. The van der Waals surface area contributed by atoms with E-state index < -0.39 is 0 Å². The summed E-state index contributed by atoms with van der Waals surface area (Å²) in [4.78, 5) is 0. The van der Waals surface area contributed by atoms with Crippen molar-refractivity contribution in [2.45, 2.75) is 12.6 Å². The predicted octanol–water partition coefficient (Wildman–Crippen LogP) is 2.26. The molecule has 0 aromatic heterocycles. The van der Waals surface area contributed by atoms with Gasteiger partial charge in [0.1, 0.15) is 12.4 Å². The Morgan fingerprint density at radius 1 is 1.06 bits per heavy atom. The number of aliphatic hydroxyl groups is 1. The maximum absolute atomic E-state index is 9.02. The number of ether oxygens (including phenoxy) is 1. The minimum atomic E-state index is -0.356. The molecule has 0 bridgehead atoms. The molecule has 0 fully saturated rings. The highest BCUT2D eigenvalue weighted by atomic mass is 16.5. The van der Waals surface area contributed by atoms with Crippen LogP contribution >= 0.6 is 0 Å². The average Bonchev–Trinajstić information content (AvgIpc) is 2.45. The number of benzene rings is 2. The molecule has 2 rings (SSSR count). The third kappa shape index (κ3) is 3.32. The van der Waals surface area contributed by atoms with E-state index in [1.165, 1.54) is 0 Å². The summed E-state index contributed by atoms with van der Waals surface area (Å²) < 4.78 is 5.69. The van der Waals surface area contributed by atoms with Crippen LogP contribution in [-0.2, 0) is 6.61 Å². The monoisotopic (exact) mass is 243 g/mol. The number of rotatable bonds is 5. The molecule has 3 nitrogen and oxygen atoms in total. The molecule has 0 aliphatic heterocycles. The molecule has 0 radical (unpaired) electrons. The van der Waals surface area contributed by atoms with Crippen LogP contribution in [0.2, 0.25) is 0 Å². The van der Waals surface area contributed by atoms with Crippen molar-refractivity contribution < 1.29 is 9.84 Å². The second-order valence-corrected chi connectivity index (χ2v) is 4.14. The van der Waals surface area contributed by atoms with Crippen LogP contribution in [-0.4, -0.2) is 11.7 Å². The van der Waals surface area contributed by atoms with Gasteiger partial charge in [-0.05, 0) is 23.3 Å². The van der Waals surface area contributed by atoms with Gasteiger partial charge in [0.05, 0.1) is 12.6 Å². The van der Waals surface area contributed by atoms with Crippen LogP contribution in [0, 0.1) is 0 Å². The fourth-order valence-electron chi connectivity index (χ4n) is 1.68. The predicted molar refractivity (Wildman–Crippen MR) is 71.2 cm³/mol. The van der Waals surface area contributed by atoms with Crippen LogP contribution in [0.25, 0.3) is 0 Å². The number of hydrogen-bond donors (Lipinski definition) is 2. The first-order valence-electron chi connectivity index (χ1n) is 5.92. The van der Waals surface area contributed by atoms with Gasteiger partial charge in [-0.2, -0.15) is 0 Å². The standard InChI is InChI=1S/C15H17NO2/c16-15(10-17)13-7-4-8-14(9-13)18-11-12-5-2-1-3-6-12/h1-9,15,17H,10-11,16H2/t15-/m1/s1. The molecule has 0 amide bonds. The smallest absolute Gasteiger partial charge is 0.120 e. The lowest BCUT2D eigenvalue weighted by molar-refractivity contribution is 0.267. The molecular weight excluding hydrogens is 226 g/mol. The molecule has 1 atom stereocenters. The first-order chi connectivity index (χ1) is 8.79. The Bertz CT molecular complexity index is 485. The van der Waals surface area contributed by atoms with Crippen molar-refractivity contribution >= 4 is 0 Å². The molecule has 0 unspecified atom stereocenters. The van der Waals surface area contributed by atoms with E-state index in [2.05, 4.69) is 0 Å². The van der Waals surface area contributed by atoms with E-state index >= 15 is 0 Å². The summed E-state index contributed by atoms with van der Waals surface area (Å²) in [5, 5.41) is 9.02. The molecule has 0 saturated heterocycles. The molecule has 94 valence electrons. The largest absolute Gasteiger partial charge is 0.489 e. The van der Waals surface area contributed by atoms with Crippen LogP contribution < -0.4 is 10.5 Å². The van der Waals surface area contributed by atoms with Crippen molar-refractivity contribution in [3.8, 4) is 5.75 Å². The van der Waals surface area contributed by atoms with E-state index in [1.807, 2.05) is 54.6 Å². The number of aliphatic hydroxyl groups excluding tert-OH is 1. The Morgan fingerprint density at radius 3 is 2.56 bits per heavy atom. The normalized spacial score (nSPS) is 12.1. The molecule has 0 heterocycles. The van der Waals surface area contributed by atoms with Crippen molar-refractivity contribution in [2.24, 2.45) is 5.73 Å². The van der Waals surface area contributed by atoms with E-state index in [0.29, 0.717) is 6.61 Å². The molecule has 0 aliphatic carbocycles. The summed E-state index contributed by atoms with van der Waals surface area (Å²) in [7, 11) is 0. The molecular formula is C15H17NO2. The molecule has 2 aromatic rings. The van der Waals surface area contributed by atoms with Gasteiger partial charge in [0.25, 0.3) is 0 Å². The zero-order valence-corrected chi connectivity index (χ0v) is 10.1. The van der Waals surface area contributed by atoms with E-state index in [9.17, 15) is 0 Å². The van der Waals surface area contributed by atoms with Crippen molar-refractivity contribution in [1.29, 1.82) is 0 Å². The van der Waals surface area contributed by atoms with Gasteiger partial charge in [0.15, 0.2) is 0 Å². The van der Waals surface area contributed by atoms with Crippen LogP contribution in [0.4, 0.5) is 0 Å². The van der Waals surface area contributed by atoms with Crippen molar-refractivity contribution in [3.05, 3.63) is 65.7 Å². The molecule has 0 spiro atoms. The molecule has 0 saturated carbocycles. The fourth-order valence-corrected chi connectivity index (χ4v) is 1.68. The quantitative estimate of drug-likeness (QED) is 0.847. The number of nitrogens with two attached hydrogens (primary N) is 1. The van der Waals surface area contributed by atoms with Crippen LogP contribution in [0.1, 0.15) is 17.2 Å². The topological polar surface area (TPSA) is 55.5 Å². The van der Waals surface area contributed by atoms with Gasteiger partial charge in [0.2, 0.25) is 0 Å². The molecule has 3 heteroatoms. The maximum Gasteiger partial charge on any atom is 0.120 e. The summed E-state index contributed by atoms with van der Waals surface area (Å²) in [5.74, 6) is 0.764. The third-order valence-electron chi connectivity index (χ3n) is 2.73. The number of hydrogen-bond acceptors (Lipinski definition) is 3. The van der Waals surface area contributed by atoms with Crippen molar-refractivity contribution in [2.75, 3.05) is 6.61 Å². The van der Waals surface area contributed by atoms with E-state index in [-0.39, 0.29) is 12.6 Å². The lowest BCUT2D eigenvalue weighted by Crippen LogP contribution is -2.14. The lowest BCUT2D eigenvalue weighted by atomic mass is 10.1. The summed E-state index contributed by atoms with van der Waals surface area (Å²) in [6.07, 6.45) is 0. The van der Waals surface area contributed by atoms with Crippen LogP contribution in [0.15, 0.2) is 54.6 Å². The maximum atomic E-state index is 9.02. The molecule has 2 aromatic carbocycles. The van der Waals surface area contributed by atoms with Gasteiger partial charge >= 0.3 is 0 Å². The Balaban J connectivity index is 2.01. The molecule has 3 N–H and O–H groups in total. The Labute approximate surface area is 107 Å². The van der Waals surface area contributed by atoms with Gasteiger partial charge < -0.3 is 15.6 Å². The summed E-state index contributed by atoms with van der Waals surface area (Å²) in [6.45, 7) is 0.459. The Kier molecular flexibility index (Phi) is 4.34. The summed E-state index contributed by atoms with van der Waals surface area (Å²) >= 11 is 0. The van der Waals surface area contributed by atoms with Crippen molar-refractivity contribution in [1.82, 2.24) is 0 Å². The summed E-state index contributed by atoms with van der Waals surface area (Å²) in [5.41, 5.74) is 7.76. The Morgan fingerprint density at radius 2 is 1.83 bits per heavy atom. The first kappa shape index (κ1) is 12.6. The second kappa shape index (κ2) is 6.19. The average molecular weight is 243 g/mol. The lowest BCUT2D eigenvalue weighted by Gasteiger charge is -2.11. The minimum absolute atomic E-state index is 0.0673. The third-order valence-corrected chi connectivity index (χ3v) is 2.73. The van der Waals surface area contributed by atoms with Gasteiger partial charge in [-0.3, -0.25) is 0 Å². The fraction of sp³-hybridized carbons (Fsp3) is 0.200. The zero-order valence-electron chi connectivity index (χ0n) is 10.1. The molecule has 0 aliphatic rings. The minimum Gasteiger partial charge on any atom is -0.489 e. The summed E-state index contributed by atoms with van der Waals surface area (Å²) in [6, 6.07) is 17.1. The Hall–Kier alpha value is -1.84. The van der Waals surface area contributed by atoms with Crippen LogP contribution in [0.3, 0.4) is 0 Å². The van der Waals surface area contributed by atoms with Crippen molar-refractivity contribution in [3.63, 3.8) is 0 Å². The van der Waals surface area contributed by atoms with E-state index in [1.54, 1.807) is 0 Å². The van der Waals surface area contributed by atoms with Gasteiger partial charge in [-0.25, -0.2) is 0 Å².